The topological polar surface area (TPSA) is 76.8 Å². The van der Waals surface area contributed by atoms with Crippen molar-refractivity contribution in [3.8, 4) is 0 Å². The van der Waals surface area contributed by atoms with Gasteiger partial charge < -0.3 is 9.47 Å². The molecule has 1 amide bonds. The minimum atomic E-state index is -0.0606. The van der Waals surface area contributed by atoms with Crippen LogP contribution in [0.5, 0.6) is 0 Å². The summed E-state index contributed by atoms with van der Waals surface area (Å²) in [6.07, 6.45) is 5.74. The van der Waals surface area contributed by atoms with Gasteiger partial charge in [0.1, 0.15) is 11.6 Å². The second kappa shape index (κ2) is 7.88. The third-order valence-electron chi connectivity index (χ3n) is 5.13. The summed E-state index contributed by atoms with van der Waals surface area (Å²) in [6, 6.07) is 10.5. The van der Waals surface area contributed by atoms with Gasteiger partial charge >= 0.3 is 0 Å². The second-order valence-electron chi connectivity index (χ2n) is 7.16. The first kappa shape index (κ1) is 18.3. The van der Waals surface area contributed by atoms with Gasteiger partial charge in [-0.25, -0.2) is 9.97 Å². The van der Waals surface area contributed by atoms with E-state index >= 15 is 0 Å². The van der Waals surface area contributed by atoms with Gasteiger partial charge in [0.05, 0.1) is 18.2 Å². The van der Waals surface area contributed by atoms with Crippen molar-refractivity contribution in [3.05, 3.63) is 71.3 Å². The van der Waals surface area contributed by atoms with Gasteiger partial charge in [-0.3, -0.25) is 4.79 Å². The van der Waals surface area contributed by atoms with Gasteiger partial charge in [0.2, 0.25) is 0 Å². The summed E-state index contributed by atoms with van der Waals surface area (Å²) < 4.78 is 2.18. The average molecular weight is 376 g/mol. The number of aryl methyl sites for hydroxylation is 3. The number of carbonyl (C=O) groups excluding carboxylic acids is 1. The second-order valence-corrected chi connectivity index (χ2v) is 7.16. The zero-order valence-corrected chi connectivity index (χ0v) is 16.2. The predicted molar refractivity (Wildman–Crippen MR) is 105 cm³/mol. The highest BCUT2D eigenvalue weighted by atomic mass is 16.2. The van der Waals surface area contributed by atoms with E-state index in [0.717, 1.165) is 36.7 Å². The van der Waals surface area contributed by atoms with Crippen LogP contribution in [0.2, 0.25) is 0 Å². The number of hydrogen-bond acceptors (Lipinski definition) is 5. The molecule has 0 aliphatic carbocycles. The molecule has 2 aromatic heterocycles. The molecule has 0 spiro atoms. The molecule has 1 aromatic carbocycles. The van der Waals surface area contributed by atoms with Crippen LogP contribution in [-0.2, 0) is 25.8 Å². The van der Waals surface area contributed by atoms with Crippen molar-refractivity contribution in [2.24, 2.45) is 0 Å². The van der Waals surface area contributed by atoms with Crippen molar-refractivity contribution in [2.75, 3.05) is 6.54 Å². The highest BCUT2D eigenvalue weighted by Gasteiger charge is 2.29. The zero-order chi connectivity index (χ0) is 19.5. The van der Waals surface area contributed by atoms with Crippen LogP contribution < -0.4 is 0 Å². The molecule has 7 nitrogen and oxygen atoms in total. The fourth-order valence-electron chi connectivity index (χ4n) is 3.67. The van der Waals surface area contributed by atoms with E-state index in [9.17, 15) is 4.79 Å². The zero-order valence-electron chi connectivity index (χ0n) is 16.2. The Labute approximate surface area is 164 Å². The van der Waals surface area contributed by atoms with E-state index < -0.39 is 0 Å². The summed E-state index contributed by atoms with van der Waals surface area (Å²) in [5.74, 6) is 2.50. The molecule has 7 heteroatoms. The number of hydrogen-bond donors (Lipinski definition) is 0. The molecule has 4 rings (SSSR count). The minimum Gasteiger partial charge on any atom is -0.329 e. The van der Waals surface area contributed by atoms with Crippen molar-refractivity contribution in [1.29, 1.82) is 0 Å². The van der Waals surface area contributed by atoms with Gasteiger partial charge in [-0.15, -0.1) is 10.2 Å². The molecule has 0 N–H and O–H groups in total. The van der Waals surface area contributed by atoms with Crippen molar-refractivity contribution >= 4 is 5.91 Å². The molecule has 3 heterocycles. The Morgan fingerprint density at radius 1 is 1.11 bits per heavy atom. The van der Waals surface area contributed by atoms with Crippen molar-refractivity contribution in [3.63, 3.8) is 0 Å². The van der Waals surface area contributed by atoms with Crippen molar-refractivity contribution < 1.29 is 4.79 Å². The number of fused-ring (bicyclic) bond motifs is 1. The normalized spacial score (nSPS) is 16.1. The van der Waals surface area contributed by atoms with Gasteiger partial charge in [-0.1, -0.05) is 37.3 Å². The summed E-state index contributed by atoms with van der Waals surface area (Å²) >= 11 is 0. The monoisotopic (exact) mass is 376 g/mol. The Balaban J connectivity index is 1.48. The van der Waals surface area contributed by atoms with Gasteiger partial charge in [-0.05, 0) is 18.9 Å². The van der Waals surface area contributed by atoms with Crippen molar-refractivity contribution in [1.82, 2.24) is 29.6 Å². The maximum atomic E-state index is 12.9. The molecule has 0 unspecified atom stereocenters. The number of benzene rings is 1. The van der Waals surface area contributed by atoms with Gasteiger partial charge in [-0.2, -0.15) is 0 Å². The van der Waals surface area contributed by atoms with E-state index in [0.29, 0.717) is 18.7 Å². The summed E-state index contributed by atoms with van der Waals surface area (Å²) in [5, 5.41) is 8.76. The molecule has 1 atom stereocenters. The SMILES string of the molecule is CCc1ncc(C(=O)N2Cc3nnc(CCc4ccccc4)n3[C@@H](C)C2)cn1. The molecular weight excluding hydrogens is 352 g/mol. The standard InChI is InChI=1S/C21H24N6O/c1-3-18-22-11-17(12-23-18)21(28)26-13-15(2)27-19(24-25-20(27)14-26)10-9-16-7-5-4-6-8-16/h4-8,11-12,15H,3,9-10,13-14H2,1-2H3/t15-/m0/s1. The molecule has 1 aliphatic heterocycles. The number of aromatic nitrogens is 5. The van der Waals surface area contributed by atoms with Crippen molar-refractivity contribution in [2.45, 2.75) is 45.7 Å². The summed E-state index contributed by atoms with van der Waals surface area (Å²) in [4.78, 5) is 23.2. The van der Waals surface area contributed by atoms with E-state index in [1.165, 1.54) is 5.56 Å². The third-order valence-corrected chi connectivity index (χ3v) is 5.13. The third kappa shape index (κ3) is 3.65. The van der Waals surface area contributed by atoms with Gasteiger partial charge in [0.15, 0.2) is 5.82 Å². The molecule has 1 aliphatic rings. The predicted octanol–water partition coefficient (Wildman–Crippen LogP) is 2.63. The summed E-state index contributed by atoms with van der Waals surface area (Å²) in [5.41, 5.74) is 1.80. The fraction of sp³-hybridized carbons (Fsp3) is 0.381. The summed E-state index contributed by atoms with van der Waals surface area (Å²) in [6.45, 7) is 5.18. The lowest BCUT2D eigenvalue weighted by molar-refractivity contribution is 0.0678. The average Bonchev–Trinajstić information content (AvgIpc) is 3.16. The number of carbonyl (C=O) groups is 1. The van der Waals surface area contributed by atoms with Crippen LogP contribution in [0.15, 0.2) is 42.7 Å². The van der Waals surface area contributed by atoms with E-state index in [1.807, 2.05) is 13.0 Å². The maximum absolute atomic E-state index is 12.9. The molecule has 28 heavy (non-hydrogen) atoms. The molecule has 0 bridgehead atoms. The van der Waals surface area contributed by atoms with Crippen LogP contribution in [0, 0.1) is 0 Å². The van der Waals surface area contributed by atoms with E-state index in [-0.39, 0.29) is 11.9 Å². The Morgan fingerprint density at radius 2 is 1.86 bits per heavy atom. The van der Waals surface area contributed by atoms with Crippen LogP contribution in [0.3, 0.4) is 0 Å². The fourth-order valence-corrected chi connectivity index (χ4v) is 3.67. The highest BCUT2D eigenvalue weighted by molar-refractivity contribution is 5.93. The number of rotatable bonds is 5. The maximum Gasteiger partial charge on any atom is 0.257 e. The van der Waals surface area contributed by atoms with Gasteiger partial charge in [0, 0.05) is 31.8 Å². The first-order valence-electron chi connectivity index (χ1n) is 9.72. The van der Waals surface area contributed by atoms with E-state index in [1.54, 1.807) is 17.3 Å². The Kier molecular flexibility index (Phi) is 5.14. The number of nitrogens with zero attached hydrogens (tertiary/aromatic N) is 6. The molecule has 0 radical (unpaired) electrons. The molecule has 0 saturated heterocycles. The Bertz CT molecular complexity index is 951. The largest absolute Gasteiger partial charge is 0.329 e. The van der Waals surface area contributed by atoms with Crippen LogP contribution in [0.4, 0.5) is 0 Å². The first-order valence-corrected chi connectivity index (χ1v) is 9.72. The van der Waals surface area contributed by atoms with E-state index in [4.69, 9.17) is 0 Å². The molecule has 3 aromatic rings. The molecule has 0 fully saturated rings. The lowest BCUT2D eigenvalue weighted by atomic mass is 10.1. The van der Waals surface area contributed by atoms with Crippen LogP contribution in [0.25, 0.3) is 0 Å². The lowest BCUT2D eigenvalue weighted by Crippen LogP contribution is -2.41. The number of amides is 1. The van der Waals surface area contributed by atoms with Crippen LogP contribution in [0.1, 0.15) is 53.3 Å². The van der Waals surface area contributed by atoms with Gasteiger partial charge in [0.25, 0.3) is 5.91 Å². The summed E-state index contributed by atoms with van der Waals surface area (Å²) in [7, 11) is 0. The first-order chi connectivity index (χ1) is 13.7. The Morgan fingerprint density at radius 3 is 2.57 bits per heavy atom. The molecule has 0 saturated carbocycles. The lowest BCUT2D eigenvalue weighted by Gasteiger charge is -2.32. The smallest absolute Gasteiger partial charge is 0.257 e. The van der Waals surface area contributed by atoms with E-state index in [2.05, 4.69) is 55.9 Å². The highest BCUT2D eigenvalue weighted by Crippen LogP contribution is 2.23. The molecule has 144 valence electrons. The quantitative estimate of drug-likeness (QED) is 0.684. The van der Waals surface area contributed by atoms with Crippen LogP contribution in [-0.4, -0.2) is 42.1 Å². The Hall–Kier alpha value is -3.09. The van der Waals surface area contributed by atoms with Crippen LogP contribution >= 0.6 is 0 Å². The minimum absolute atomic E-state index is 0.0606. The molecular formula is C21H24N6O.